The molecule has 0 saturated carbocycles. The van der Waals surface area contributed by atoms with Crippen LogP contribution in [0.25, 0.3) is 6.08 Å². The zero-order chi connectivity index (χ0) is 9.14. The number of thiazole rings is 1. The number of rotatable bonds is 2. The number of nitrogens with zero attached hydrogens (tertiary/aromatic N) is 1. The van der Waals surface area contributed by atoms with Crippen LogP contribution in [0, 0.1) is 5.41 Å². The molecule has 64 valence electrons. The van der Waals surface area contributed by atoms with Crippen LogP contribution in [0.2, 0.25) is 0 Å². The predicted molar refractivity (Wildman–Crippen MR) is 61.9 cm³/mol. The molecule has 1 aromatic rings. The Morgan fingerprint density at radius 3 is 3.00 bits per heavy atom. The number of aromatic nitrogens is 1. The molecule has 0 radical (unpaired) electrons. The van der Waals surface area contributed by atoms with Crippen LogP contribution in [-0.2, 0) is 0 Å². The first-order valence-corrected chi connectivity index (χ1v) is 5.82. The summed E-state index contributed by atoms with van der Waals surface area (Å²) < 4.78 is 0.902. The van der Waals surface area contributed by atoms with Crippen LogP contribution in [0.3, 0.4) is 0 Å². The lowest BCUT2D eigenvalue weighted by atomic mass is 10.4. The van der Waals surface area contributed by atoms with E-state index in [9.17, 15) is 0 Å². The van der Waals surface area contributed by atoms with Crippen LogP contribution in [0.4, 0.5) is 0 Å². The molecule has 0 aliphatic carbocycles. The third kappa shape index (κ3) is 1.94. The van der Waals surface area contributed by atoms with Crippen molar-refractivity contribution in [2.75, 3.05) is 6.26 Å². The van der Waals surface area contributed by atoms with E-state index in [0.717, 1.165) is 15.3 Å². The van der Waals surface area contributed by atoms with Crippen molar-refractivity contribution in [2.24, 2.45) is 0 Å². The fourth-order valence-corrected chi connectivity index (χ4v) is 2.58. The Hall–Kier alpha value is -0.180. The first-order valence-electron chi connectivity index (χ1n) is 3.20. The highest BCUT2D eigenvalue weighted by Gasteiger charge is 2.09. The van der Waals surface area contributed by atoms with E-state index in [1.165, 1.54) is 23.1 Å². The Morgan fingerprint density at radius 1 is 1.83 bits per heavy atom. The lowest BCUT2D eigenvalue weighted by Gasteiger charge is -1.94. The van der Waals surface area contributed by atoms with E-state index in [4.69, 9.17) is 5.41 Å². The zero-order valence-electron chi connectivity index (χ0n) is 6.63. The van der Waals surface area contributed by atoms with E-state index in [1.54, 1.807) is 6.08 Å². The normalized spacial score (nSPS) is 9.83. The van der Waals surface area contributed by atoms with Crippen molar-refractivity contribution in [1.82, 2.24) is 4.98 Å². The molecule has 12 heavy (non-hydrogen) atoms. The topological polar surface area (TPSA) is 36.7 Å². The van der Waals surface area contributed by atoms with E-state index in [1.807, 2.05) is 6.26 Å². The van der Waals surface area contributed by atoms with Gasteiger partial charge in [-0.1, -0.05) is 15.8 Å². The highest BCUT2D eigenvalue weighted by molar-refractivity contribution is 8.14. The molecule has 0 spiro atoms. The number of hydrogen-bond donors (Lipinski definition) is 1. The van der Waals surface area contributed by atoms with Gasteiger partial charge in [0, 0.05) is 0 Å². The Kier molecular flexibility index (Phi) is 3.44. The van der Waals surface area contributed by atoms with Crippen LogP contribution < -0.4 is 4.75 Å². The molecule has 1 N–H and O–H groups in total. The summed E-state index contributed by atoms with van der Waals surface area (Å²) in [6, 6.07) is 0. The van der Waals surface area contributed by atoms with Gasteiger partial charge in [-0.3, -0.25) is 5.41 Å². The van der Waals surface area contributed by atoms with Crippen LogP contribution in [0.1, 0.15) is 10.6 Å². The van der Waals surface area contributed by atoms with E-state index in [2.05, 4.69) is 20.8 Å². The van der Waals surface area contributed by atoms with E-state index < -0.39 is 0 Å². The molecule has 1 heterocycles. The molecule has 1 rings (SSSR count). The lowest BCUT2D eigenvalue weighted by molar-refractivity contribution is 1.42. The predicted octanol–water partition coefficient (Wildman–Crippen LogP) is 1.97. The molecular formula is C7H9N2PS2. The molecule has 0 aliphatic rings. The second-order valence-electron chi connectivity index (χ2n) is 2.00. The summed E-state index contributed by atoms with van der Waals surface area (Å²) in [7, 11) is 2.53. The number of nitrogens with one attached hydrogen (secondary N) is 1. The van der Waals surface area contributed by atoms with Crippen molar-refractivity contribution in [2.45, 2.75) is 0 Å². The van der Waals surface area contributed by atoms with Gasteiger partial charge in [0.1, 0.15) is 9.79 Å². The smallest absolute Gasteiger partial charge is 0.110 e. The largest absolute Gasteiger partial charge is 0.293 e. The lowest BCUT2D eigenvalue weighted by Crippen LogP contribution is -1.90. The Morgan fingerprint density at radius 2 is 2.50 bits per heavy atom. The zero-order valence-corrected chi connectivity index (χ0v) is 9.41. The summed E-state index contributed by atoms with van der Waals surface area (Å²) in [6.45, 7) is 3.65. The van der Waals surface area contributed by atoms with Crippen molar-refractivity contribution >= 4 is 48.2 Å². The van der Waals surface area contributed by atoms with Crippen LogP contribution in [0.5, 0.6) is 0 Å². The number of hydrogen-bond acceptors (Lipinski definition) is 4. The van der Waals surface area contributed by atoms with Gasteiger partial charge in [0.05, 0.1) is 10.6 Å². The van der Waals surface area contributed by atoms with Crippen molar-refractivity contribution in [3.63, 3.8) is 0 Å². The quantitative estimate of drug-likeness (QED) is 0.466. The van der Waals surface area contributed by atoms with E-state index in [0.29, 0.717) is 5.04 Å². The Bertz CT molecular complexity index is 319. The molecule has 0 amide bonds. The number of thioether (sulfide) groups is 1. The fourth-order valence-electron chi connectivity index (χ4n) is 0.743. The van der Waals surface area contributed by atoms with Gasteiger partial charge in [-0.2, -0.15) is 0 Å². The highest BCUT2D eigenvalue weighted by atomic mass is 32.2. The maximum atomic E-state index is 7.61. The summed E-state index contributed by atoms with van der Waals surface area (Å²) >= 11 is 2.92. The summed E-state index contributed by atoms with van der Waals surface area (Å²) in [6.07, 6.45) is 3.57. The molecule has 0 fully saturated rings. The van der Waals surface area contributed by atoms with Gasteiger partial charge in [0.15, 0.2) is 0 Å². The maximum Gasteiger partial charge on any atom is 0.110 e. The second kappa shape index (κ2) is 4.17. The van der Waals surface area contributed by atoms with Gasteiger partial charge in [-0.05, 0) is 12.3 Å². The monoisotopic (exact) mass is 216 g/mol. The van der Waals surface area contributed by atoms with Gasteiger partial charge >= 0.3 is 0 Å². The maximum absolute atomic E-state index is 7.61. The Balaban J connectivity index is 3.12. The minimum atomic E-state index is 0.552. The minimum absolute atomic E-state index is 0.552. The first kappa shape index (κ1) is 9.90. The van der Waals surface area contributed by atoms with Crippen LogP contribution in [0.15, 0.2) is 6.58 Å². The molecular weight excluding hydrogens is 207 g/mol. The van der Waals surface area contributed by atoms with Gasteiger partial charge in [0.2, 0.25) is 0 Å². The van der Waals surface area contributed by atoms with Crippen molar-refractivity contribution in [3.8, 4) is 0 Å². The average molecular weight is 216 g/mol. The molecule has 2 nitrogen and oxygen atoms in total. The summed E-state index contributed by atoms with van der Waals surface area (Å²) in [5.41, 5.74) is 0.810. The average Bonchev–Trinajstić information content (AvgIpc) is 2.45. The SMILES string of the molecule is C=Cc1nc(P)sc1C(=N)SC. The standard InChI is InChI=1S/C7H9N2PS2/c1-3-4-5(6(8)11-2)12-7(10)9-4/h3,8H,1,10H2,2H3. The molecule has 0 bridgehead atoms. The van der Waals surface area contributed by atoms with Crippen molar-refractivity contribution < 1.29 is 0 Å². The molecule has 5 heteroatoms. The van der Waals surface area contributed by atoms with Gasteiger partial charge in [0.25, 0.3) is 0 Å². The van der Waals surface area contributed by atoms with Gasteiger partial charge in [-0.25, -0.2) is 4.98 Å². The van der Waals surface area contributed by atoms with E-state index >= 15 is 0 Å². The summed E-state index contributed by atoms with van der Waals surface area (Å²) in [5, 5.41) is 8.16. The third-order valence-electron chi connectivity index (χ3n) is 1.27. The molecule has 0 aliphatic heterocycles. The summed E-state index contributed by atoms with van der Waals surface area (Å²) in [5.74, 6) is 0. The van der Waals surface area contributed by atoms with E-state index in [-0.39, 0.29) is 0 Å². The van der Waals surface area contributed by atoms with Gasteiger partial charge < -0.3 is 0 Å². The fraction of sp³-hybridized carbons (Fsp3) is 0.143. The minimum Gasteiger partial charge on any atom is -0.293 e. The summed E-state index contributed by atoms with van der Waals surface area (Å²) in [4.78, 5) is 5.11. The van der Waals surface area contributed by atoms with Gasteiger partial charge in [-0.15, -0.1) is 23.1 Å². The van der Waals surface area contributed by atoms with Crippen molar-refractivity contribution in [3.05, 3.63) is 17.2 Å². The van der Waals surface area contributed by atoms with Crippen LogP contribution >= 0.6 is 32.3 Å². The second-order valence-corrected chi connectivity index (χ2v) is 4.82. The molecule has 0 saturated heterocycles. The molecule has 0 aromatic carbocycles. The molecule has 1 atom stereocenters. The molecule has 1 unspecified atom stereocenters. The van der Waals surface area contributed by atoms with Crippen LogP contribution in [-0.4, -0.2) is 16.3 Å². The highest BCUT2D eigenvalue weighted by Crippen LogP contribution is 2.19. The van der Waals surface area contributed by atoms with Crippen molar-refractivity contribution in [1.29, 1.82) is 5.41 Å². The molecule has 1 aromatic heterocycles. The third-order valence-corrected chi connectivity index (χ3v) is 3.42. The first-order chi connectivity index (χ1) is 5.69. The Labute approximate surface area is 82.2 Å².